The third-order valence-corrected chi connectivity index (χ3v) is 7.27. The number of likely N-dealkylation sites (tertiary alicyclic amines) is 1. The second-order valence-corrected chi connectivity index (χ2v) is 9.56. The van der Waals surface area contributed by atoms with E-state index in [9.17, 15) is 4.79 Å². The fraction of sp³-hybridized carbons (Fsp3) is 0.276. The van der Waals surface area contributed by atoms with Crippen molar-refractivity contribution in [1.82, 2.24) is 15.0 Å². The van der Waals surface area contributed by atoms with Gasteiger partial charge in [0.15, 0.2) is 6.61 Å². The Bertz CT molecular complexity index is 1300. The van der Waals surface area contributed by atoms with Crippen LogP contribution in [0.15, 0.2) is 83.4 Å². The number of piperidine rings is 1. The maximum absolute atomic E-state index is 12.5. The molecule has 4 aromatic rings. The standard InChI is InChI=1S/C29H27N3O3/c33-26(32-18-16-29(14-15-29)17-19-32)20-34-25-12-10-24(11-13-25)28-30-27(31-35-28)23-8-6-22(7-9-23)21-4-2-1-3-5-21/h1-13H,14-20H2. The minimum atomic E-state index is 0.0596. The van der Waals surface area contributed by atoms with Gasteiger partial charge < -0.3 is 14.2 Å². The van der Waals surface area contributed by atoms with Crippen molar-refractivity contribution in [2.45, 2.75) is 25.7 Å². The molecule has 176 valence electrons. The molecule has 0 bridgehead atoms. The van der Waals surface area contributed by atoms with Gasteiger partial charge in [-0.2, -0.15) is 4.98 Å². The molecule has 0 N–H and O–H groups in total. The molecule has 3 aromatic carbocycles. The number of hydrogen-bond acceptors (Lipinski definition) is 5. The summed E-state index contributed by atoms with van der Waals surface area (Å²) < 4.78 is 11.2. The van der Waals surface area contributed by atoms with E-state index in [-0.39, 0.29) is 12.5 Å². The first-order valence-corrected chi connectivity index (χ1v) is 12.2. The summed E-state index contributed by atoms with van der Waals surface area (Å²) >= 11 is 0. The van der Waals surface area contributed by atoms with Crippen LogP contribution in [0.4, 0.5) is 0 Å². The SMILES string of the molecule is O=C(COc1ccc(-c2nc(-c3ccc(-c4ccccc4)cc3)no2)cc1)N1CCC2(CC1)CC2. The number of ether oxygens (including phenoxy) is 1. The Kier molecular flexibility index (Phi) is 5.57. The molecule has 1 spiro atoms. The second kappa shape index (κ2) is 9.02. The number of hydrogen-bond donors (Lipinski definition) is 0. The van der Waals surface area contributed by atoms with E-state index in [1.54, 1.807) is 0 Å². The largest absolute Gasteiger partial charge is 0.484 e. The molecule has 1 saturated carbocycles. The van der Waals surface area contributed by atoms with Gasteiger partial charge in [0, 0.05) is 24.2 Å². The smallest absolute Gasteiger partial charge is 0.260 e. The van der Waals surface area contributed by atoms with Gasteiger partial charge in [-0.3, -0.25) is 4.79 Å². The van der Waals surface area contributed by atoms with Crippen LogP contribution in [0.1, 0.15) is 25.7 Å². The van der Waals surface area contributed by atoms with Gasteiger partial charge in [0.1, 0.15) is 5.75 Å². The molecular formula is C29H27N3O3. The zero-order valence-corrected chi connectivity index (χ0v) is 19.5. The van der Waals surface area contributed by atoms with Gasteiger partial charge in [-0.1, -0.05) is 59.8 Å². The summed E-state index contributed by atoms with van der Waals surface area (Å²) in [4.78, 5) is 19.0. The molecule has 0 atom stereocenters. The van der Waals surface area contributed by atoms with Crippen molar-refractivity contribution in [3.8, 4) is 39.7 Å². The number of rotatable bonds is 6. The predicted octanol–water partition coefficient (Wildman–Crippen LogP) is 5.85. The number of nitrogens with zero attached hydrogens (tertiary/aromatic N) is 3. The summed E-state index contributed by atoms with van der Waals surface area (Å²) in [6.07, 6.45) is 4.94. The third kappa shape index (κ3) is 4.69. The first-order chi connectivity index (χ1) is 17.2. The summed E-state index contributed by atoms with van der Waals surface area (Å²) in [6, 6.07) is 25.7. The highest BCUT2D eigenvalue weighted by Crippen LogP contribution is 2.53. The van der Waals surface area contributed by atoms with Crippen LogP contribution in [0.25, 0.3) is 34.0 Å². The molecule has 0 unspecified atom stereocenters. The minimum Gasteiger partial charge on any atom is -0.484 e. The second-order valence-electron chi connectivity index (χ2n) is 9.56. The van der Waals surface area contributed by atoms with Crippen LogP contribution in [0.2, 0.25) is 0 Å². The van der Waals surface area contributed by atoms with Gasteiger partial charge in [0.2, 0.25) is 5.82 Å². The Morgan fingerprint density at radius 2 is 1.43 bits per heavy atom. The summed E-state index contributed by atoms with van der Waals surface area (Å²) in [5.41, 5.74) is 4.56. The van der Waals surface area contributed by atoms with Gasteiger partial charge in [-0.15, -0.1) is 0 Å². The van der Waals surface area contributed by atoms with E-state index in [0.29, 0.717) is 22.9 Å². The van der Waals surface area contributed by atoms with Crippen molar-refractivity contribution in [3.05, 3.63) is 78.9 Å². The van der Waals surface area contributed by atoms with Crippen LogP contribution in [0, 0.1) is 5.41 Å². The number of amides is 1. The molecule has 1 aliphatic carbocycles. The zero-order chi connectivity index (χ0) is 23.7. The van der Waals surface area contributed by atoms with Crippen LogP contribution < -0.4 is 4.74 Å². The summed E-state index contributed by atoms with van der Waals surface area (Å²) in [6.45, 7) is 1.78. The van der Waals surface area contributed by atoms with Crippen molar-refractivity contribution in [2.24, 2.45) is 5.41 Å². The lowest BCUT2D eigenvalue weighted by Gasteiger charge is -2.32. The molecule has 1 amide bonds. The fourth-order valence-corrected chi connectivity index (χ4v) is 4.74. The van der Waals surface area contributed by atoms with Gasteiger partial charge >= 0.3 is 0 Å². The Hall–Kier alpha value is -3.93. The van der Waals surface area contributed by atoms with Crippen molar-refractivity contribution >= 4 is 5.91 Å². The molecule has 2 heterocycles. The topological polar surface area (TPSA) is 68.5 Å². The Morgan fingerprint density at radius 1 is 0.800 bits per heavy atom. The van der Waals surface area contributed by atoms with Crippen LogP contribution >= 0.6 is 0 Å². The summed E-state index contributed by atoms with van der Waals surface area (Å²) in [5.74, 6) is 1.69. The molecule has 6 rings (SSSR count). The maximum Gasteiger partial charge on any atom is 0.260 e. The van der Waals surface area contributed by atoms with E-state index >= 15 is 0 Å². The predicted molar refractivity (Wildman–Crippen MR) is 134 cm³/mol. The van der Waals surface area contributed by atoms with E-state index in [1.165, 1.54) is 18.4 Å². The number of carbonyl (C=O) groups is 1. The Morgan fingerprint density at radius 3 is 2.11 bits per heavy atom. The summed E-state index contributed by atoms with van der Waals surface area (Å²) in [5, 5.41) is 4.15. The molecule has 1 aromatic heterocycles. The Labute approximate surface area is 204 Å². The first kappa shape index (κ1) is 21.6. The van der Waals surface area contributed by atoms with Gasteiger partial charge in [0.25, 0.3) is 11.8 Å². The molecule has 6 nitrogen and oxygen atoms in total. The van der Waals surface area contributed by atoms with Crippen molar-refractivity contribution in [3.63, 3.8) is 0 Å². The van der Waals surface area contributed by atoms with E-state index in [2.05, 4.69) is 34.4 Å². The molecule has 2 fully saturated rings. The molecule has 1 saturated heterocycles. The van der Waals surface area contributed by atoms with Crippen LogP contribution in [-0.4, -0.2) is 40.6 Å². The lowest BCUT2D eigenvalue weighted by molar-refractivity contribution is -0.134. The van der Waals surface area contributed by atoms with Gasteiger partial charge in [0.05, 0.1) is 0 Å². The lowest BCUT2D eigenvalue weighted by Crippen LogP contribution is -2.41. The molecule has 0 radical (unpaired) electrons. The Balaban J connectivity index is 1.06. The zero-order valence-electron chi connectivity index (χ0n) is 19.5. The number of benzene rings is 3. The van der Waals surface area contributed by atoms with Gasteiger partial charge in [-0.25, -0.2) is 0 Å². The van der Waals surface area contributed by atoms with E-state index in [4.69, 9.17) is 9.26 Å². The average molecular weight is 466 g/mol. The van der Waals surface area contributed by atoms with Crippen LogP contribution in [-0.2, 0) is 4.79 Å². The molecule has 35 heavy (non-hydrogen) atoms. The lowest BCUT2D eigenvalue weighted by atomic mass is 9.94. The summed E-state index contributed by atoms with van der Waals surface area (Å²) in [7, 11) is 0. The van der Waals surface area contributed by atoms with Crippen LogP contribution in [0.5, 0.6) is 5.75 Å². The van der Waals surface area contributed by atoms with Crippen molar-refractivity contribution < 1.29 is 14.1 Å². The third-order valence-electron chi connectivity index (χ3n) is 7.27. The van der Waals surface area contributed by atoms with E-state index < -0.39 is 0 Å². The average Bonchev–Trinajstić information content (AvgIpc) is 3.48. The van der Waals surface area contributed by atoms with Crippen molar-refractivity contribution in [1.29, 1.82) is 0 Å². The molecule has 6 heteroatoms. The normalized spacial score (nSPS) is 16.3. The highest BCUT2D eigenvalue weighted by molar-refractivity contribution is 5.78. The quantitative estimate of drug-likeness (QED) is 0.357. The maximum atomic E-state index is 12.5. The monoisotopic (exact) mass is 465 g/mol. The fourth-order valence-electron chi connectivity index (χ4n) is 4.74. The van der Waals surface area contributed by atoms with Gasteiger partial charge in [-0.05, 0) is 66.5 Å². The number of carbonyl (C=O) groups excluding carboxylic acids is 1. The molecular weight excluding hydrogens is 438 g/mol. The number of aromatic nitrogens is 2. The van der Waals surface area contributed by atoms with Crippen molar-refractivity contribution in [2.75, 3.05) is 19.7 Å². The minimum absolute atomic E-state index is 0.0596. The van der Waals surface area contributed by atoms with Crippen LogP contribution in [0.3, 0.4) is 0 Å². The van der Waals surface area contributed by atoms with E-state index in [0.717, 1.165) is 42.6 Å². The molecule has 1 aliphatic heterocycles. The first-order valence-electron chi connectivity index (χ1n) is 12.2. The van der Waals surface area contributed by atoms with E-state index in [1.807, 2.05) is 59.5 Å². The highest BCUT2D eigenvalue weighted by Gasteiger charge is 2.45. The highest BCUT2D eigenvalue weighted by atomic mass is 16.5. The molecule has 2 aliphatic rings.